The van der Waals surface area contributed by atoms with Gasteiger partial charge >= 0.3 is 6.09 Å². The monoisotopic (exact) mass is 344 g/mol. The molecule has 6 heteroatoms. The predicted octanol–water partition coefficient (Wildman–Crippen LogP) is 3.05. The number of aromatic hydroxyl groups is 1. The zero-order chi connectivity index (χ0) is 18.4. The highest BCUT2D eigenvalue weighted by molar-refractivity contribution is 5.97. The van der Waals surface area contributed by atoms with E-state index >= 15 is 0 Å². The fraction of sp³-hybridized carbons (Fsp3) is 0.474. The zero-order valence-electron chi connectivity index (χ0n) is 14.8. The van der Waals surface area contributed by atoms with Crippen LogP contribution in [0.25, 0.3) is 5.57 Å². The van der Waals surface area contributed by atoms with Gasteiger partial charge in [-0.1, -0.05) is 18.2 Å². The normalized spacial score (nSPS) is 22.5. The molecule has 0 aliphatic carbocycles. The number of carbonyl (C=O) groups excluding carboxylic acids is 2. The Morgan fingerprint density at radius 2 is 2.00 bits per heavy atom. The van der Waals surface area contributed by atoms with E-state index in [0.29, 0.717) is 12.0 Å². The average Bonchev–Trinajstić information content (AvgIpc) is 2.76. The van der Waals surface area contributed by atoms with Crippen molar-refractivity contribution in [3.8, 4) is 5.75 Å². The Morgan fingerprint density at radius 3 is 2.60 bits per heavy atom. The first kappa shape index (κ1) is 17.3. The summed E-state index contributed by atoms with van der Waals surface area (Å²) >= 11 is 0. The van der Waals surface area contributed by atoms with E-state index < -0.39 is 11.5 Å². The number of nitrogens with zero attached hydrogens (tertiary/aromatic N) is 1. The van der Waals surface area contributed by atoms with Gasteiger partial charge in [-0.05, 0) is 51.7 Å². The third-order valence-electron chi connectivity index (χ3n) is 4.65. The third-order valence-corrected chi connectivity index (χ3v) is 4.65. The molecule has 134 valence electrons. The second-order valence-electron chi connectivity index (χ2n) is 7.65. The van der Waals surface area contributed by atoms with Gasteiger partial charge in [-0.25, -0.2) is 4.79 Å². The first-order valence-electron chi connectivity index (χ1n) is 8.51. The Balaban J connectivity index is 1.89. The Hall–Kier alpha value is -2.50. The topological polar surface area (TPSA) is 92.9 Å². The van der Waals surface area contributed by atoms with E-state index in [-0.39, 0.29) is 29.5 Å². The SMILES string of the molecule is CC(C)(C)OC(=O)N1[C@H]2CC[C@@H]1C=C(c1cccc(C(N)=O)c1O)C2. The number of nitrogens with two attached hydrogens (primary N) is 1. The van der Waals surface area contributed by atoms with Crippen LogP contribution in [0.15, 0.2) is 24.3 Å². The van der Waals surface area contributed by atoms with Crippen molar-refractivity contribution in [1.29, 1.82) is 0 Å². The number of phenols is 1. The maximum atomic E-state index is 12.5. The van der Waals surface area contributed by atoms with E-state index in [1.165, 1.54) is 6.07 Å². The molecular formula is C19H24N2O4. The maximum absolute atomic E-state index is 12.5. The summed E-state index contributed by atoms with van der Waals surface area (Å²) in [5.74, 6) is -0.750. The molecule has 3 N–H and O–H groups in total. The van der Waals surface area contributed by atoms with E-state index in [1.807, 2.05) is 26.8 Å². The lowest BCUT2D eigenvalue weighted by Gasteiger charge is -2.35. The van der Waals surface area contributed by atoms with Crippen molar-refractivity contribution in [3.63, 3.8) is 0 Å². The Bertz CT molecular complexity index is 748. The molecule has 1 aromatic carbocycles. The van der Waals surface area contributed by atoms with Crippen LogP contribution in [0, 0.1) is 0 Å². The first-order chi connectivity index (χ1) is 11.7. The van der Waals surface area contributed by atoms with Gasteiger partial charge in [0.2, 0.25) is 0 Å². The summed E-state index contributed by atoms with van der Waals surface area (Å²) in [6.45, 7) is 5.56. The van der Waals surface area contributed by atoms with Crippen LogP contribution >= 0.6 is 0 Å². The number of ether oxygens (including phenoxy) is 1. The van der Waals surface area contributed by atoms with Gasteiger partial charge in [-0.3, -0.25) is 9.69 Å². The van der Waals surface area contributed by atoms with Gasteiger partial charge in [-0.15, -0.1) is 0 Å². The van der Waals surface area contributed by atoms with Crippen molar-refractivity contribution in [2.24, 2.45) is 5.73 Å². The molecule has 6 nitrogen and oxygen atoms in total. The molecule has 2 heterocycles. The van der Waals surface area contributed by atoms with Crippen LogP contribution in [0.3, 0.4) is 0 Å². The molecule has 2 atom stereocenters. The van der Waals surface area contributed by atoms with E-state index in [0.717, 1.165) is 18.4 Å². The number of para-hydroxylation sites is 1. The molecule has 0 saturated carbocycles. The van der Waals surface area contributed by atoms with Gasteiger partial charge in [-0.2, -0.15) is 0 Å². The number of rotatable bonds is 2. The smallest absolute Gasteiger partial charge is 0.411 e. The summed E-state index contributed by atoms with van der Waals surface area (Å²) in [7, 11) is 0. The molecular weight excluding hydrogens is 320 g/mol. The van der Waals surface area contributed by atoms with E-state index in [9.17, 15) is 14.7 Å². The van der Waals surface area contributed by atoms with Crippen molar-refractivity contribution >= 4 is 17.6 Å². The van der Waals surface area contributed by atoms with Gasteiger partial charge in [0.25, 0.3) is 5.91 Å². The quantitative estimate of drug-likeness (QED) is 0.862. The number of hydrogen-bond donors (Lipinski definition) is 2. The lowest BCUT2D eigenvalue weighted by molar-refractivity contribution is 0.0175. The van der Waals surface area contributed by atoms with Gasteiger partial charge in [0.05, 0.1) is 11.6 Å². The number of amides is 2. The zero-order valence-corrected chi connectivity index (χ0v) is 14.8. The standard InChI is InChI=1S/C19H24N2O4/c1-19(2,3)25-18(24)21-12-7-8-13(21)10-11(9-12)14-5-4-6-15(16(14)22)17(20)23/h4-6,9,12-13,22H,7-8,10H2,1-3H3,(H2,20,23)/t12-,13+/m1/s1. The van der Waals surface area contributed by atoms with Crippen molar-refractivity contribution < 1.29 is 19.4 Å². The highest BCUT2D eigenvalue weighted by atomic mass is 16.6. The van der Waals surface area contributed by atoms with Crippen LogP contribution < -0.4 is 5.73 Å². The molecule has 1 fully saturated rings. The van der Waals surface area contributed by atoms with Crippen LogP contribution in [-0.4, -0.2) is 39.7 Å². The minimum Gasteiger partial charge on any atom is -0.506 e. The van der Waals surface area contributed by atoms with Crippen LogP contribution in [0.4, 0.5) is 4.79 Å². The average molecular weight is 344 g/mol. The number of hydrogen-bond acceptors (Lipinski definition) is 4. The molecule has 2 aliphatic heterocycles. The summed E-state index contributed by atoms with van der Waals surface area (Å²) in [6, 6.07) is 4.97. The van der Waals surface area contributed by atoms with Gasteiger partial charge < -0.3 is 15.6 Å². The second-order valence-corrected chi connectivity index (χ2v) is 7.65. The summed E-state index contributed by atoms with van der Waals surface area (Å²) in [6.07, 6.45) is 4.06. The number of fused-ring (bicyclic) bond motifs is 2. The molecule has 3 rings (SSSR count). The summed E-state index contributed by atoms with van der Waals surface area (Å²) in [4.78, 5) is 25.7. The van der Waals surface area contributed by atoms with Crippen molar-refractivity contribution in [1.82, 2.24) is 4.90 Å². The van der Waals surface area contributed by atoms with Crippen LogP contribution in [-0.2, 0) is 4.74 Å². The summed E-state index contributed by atoms with van der Waals surface area (Å²) in [5.41, 5.74) is 6.44. The largest absolute Gasteiger partial charge is 0.506 e. The fourth-order valence-electron chi connectivity index (χ4n) is 3.63. The molecule has 0 unspecified atom stereocenters. The molecule has 0 aromatic heterocycles. The lowest BCUT2D eigenvalue weighted by atomic mass is 9.93. The van der Waals surface area contributed by atoms with Crippen LogP contribution in [0.1, 0.15) is 56.0 Å². The van der Waals surface area contributed by atoms with E-state index in [1.54, 1.807) is 17.0 Å². The highest BCUT2D eigenvalue weighted by Crippen LogP contribution is 2.41. The van der Waals surface area contributed by atoms with Crippen molar-refractivity contribution in [3.05, 3.63) is 35.4 Å². The second kappa shape index (κ2) is 6.10. The predicted molar refractivity (Wildman–Crippen MR) is 94.1 cm³/mol. The van der Waals surface area contributed by atoms with Crippen LogP contribution in [0.2, 0.25) is 0 Å². The number of primary amides is 1. The van der Waals surface area contributed by atoms with Crippen molar-refractivity contribution in [2.45, 2.75) is 57.7 Å². The molecule has 1 saturated heterocycles. The maximum Gasteiger partial charge on any atom is 0.411 e. The molecule has 0 radical (unpaired) electrons. The third kappa shape index (κ3) is 3.34. The molecule has 25 heavy (non-hydrogen) atoms. The fourth-order valence-corrected chi connectivity index (χ4v) is 3.63. The highest BCUT2D eigenvalue weighted by Gasteiger charge is 2.42. The van der Waals surface area contributed by atoms with E-state index in [2.05, 4.69) is 0 Å². The summed E-state index contributed by atoms with van der Waals surface area (Å²) in [5, 5.41) is 10.4. The van der Waals surface area contributed by atoms with E-state index in [4.69, 9.17) is 10.5 Å². The van der Waals surface area contributed by atoms with Crippen molar-refractivity contribution in [2.75, 3.05) is 0 Å². The molecule has 1 aromatic rings. The molecule has 0 spiro atoms. The molecule has 2 bridgehead atoms. The molecule has 2 amide bonds. The van der Waals surface area contributed by atoms with Gasteiger partial charge in [0, 0.05) is 11.6 Å². The number of benzene rings is 1. The minimum absolute atomic E-state index is 0.0384. The Labute approximate surface area is 147 Å². The Kier molecular flexibility index (Phi) is 4.22. The number of carbonyl (C=O) groups is 2. The molecule has 2 aliphatic rings. The van der Waals surface area contributed by atoms with Gasteiger partial charge in [0.15, 0.2) is 0 Å². The van der Waals surface area contributed by atoms with Crippen LogP contribution in [0.5, 0.6) is 5.75 Å². The lowest BCUT2D eigenvalue weighted by Crippen LogP contribution is -2.45. The van der Waals surface area contributed by atoms with Gasteiger partial charge in [0.1, 0.15) is 11.4 Å². The first-order valence-corrected chi connectivity index (χ1v) is 8.51. The Morgan fingerprint density at radius 1 is 1.28 bits per heavy atom. The minimum atomic E-state index is -0.658. The summed E-state index contributed by atoms with van der Waals surface area (Å²) < 4.78 is 5.52.